The number of rotatable bonds is 4. The lowest BCUT2D eigenvalue weighted by molar-refractivity contribution is -0.141. The lowest BCUT2D eigenvalue weighted by Gasteiger charge is -2.41. The van der Waals surface area contributed by atoms with Gasteiger partial charge >= 0.3 is 12.0 Å². The van der Waals surface area contributed by atoms with Gasteiger partial charge in [0, 0.05) is 19.1 Å². The summed E-state index contributed by atoms with van der Waals surface area (Å²) in [6.45, 7) is 8.30. The Bertz CT molecular complexity index is 370. The van der Waals surface area contributed by atoms with Gasteiger partial charge in [-0.25, -0.2) is 4.79 Å². The molecule has 0 aromatic heterocycles. The van der Waals surface area contributed by atoms with Crippen LogP contribution in [0.3, 0.4) is 0 Å². The third-order valence-corrected chi connectivity index (χ3v) is 4.01. The first-order chi connectivity index (χ1) is 9.12. The number of aliphatic hydroxyl groups is 1. The van der Waals surface area contributed by atoms with Crippen molar-refractivity contribution in [1.29, 1.82) is 0 Å². The first-order valence-corrected chi connectivity index (χ1v) is 7.11. The topological polar surface area (TPSA) is 89.9 Å². The fourth-order valence-electron chi connectivity index (χ4n) is 2.74. The minimum atomic E-state index is -1.43. The molecule has 1 fully saturated rings. The summed E-state index contributed by atoms with van der Waals surface area (Å²) in [6, 6.07) is -0.0859. The number of amides is 2. The number of nitrogens with zero attached hydrogens (tertiary/aromatic N) is 1. The van der Waals surface area contributed by atoms with E-state index in [0.717, 1.165) is 6.42 Å². The molecule has 0 bridgehead atoms. The average Bonchev–Trinajstić information content (AvgIpc) is 2.29. The number of carbonyl (C=O) groups is 2. The number of aliphatic carboxylic acids is 1. The van der Waals surface area contributed by atoms with E-state index in [1.54, 1.807) is 4.90 Å². The van der Waals surface area contributed by atoms with Crippen molar-refractivity contribution < 1.29 is 19.8 Å². The van der Waals surface area contributed by atoms with Crippen LogP contribution >= 0.6 is 0 Å². The second kappa shape index (κ2) is 6.43. The van der Waals surface area contributed by atoms with Crippen LogP contribution in [0.5, 0.6) is 0 Å². The van der Waals surface area contributed by atoms with E-state index in [1.165, 1.54) is 6.92 Å². The highest BCUT2D eigenvalue weighted by Gasteiger charge is 2.33. The van der Waals surface area contributed by atoms with Gasteiger partial charge in [0.2, 0.25) is 0 Å². The minimum Gasteiger partial charge on any atom is -0.481 e. The lowest BCUT2D eigenvalue weighted by atomic mass is 9.86. The van der Waals surface area contributed by atoms with Crippen LogP contribution in [-0.2, 0) is 4.79 Å². The highest BCUT2D eigenvalue weighted by atomic mass is 16.4. The molecule has 0 aliphatic carbocycles. The highest BCUT2D eigenvalue weighted by Crippen LogP contribution is 2.26. The number of hydrogen-bond donors (Lipinski definition) is 3. The summed E-state index contributed by atoms with van der Waals surface area (Å²) in [4.78, 5) is 24.6. The van der Waals surface area contributed by atoms with Crippen LogP contribution < -0.4 is 5.32 Å². The minimum absolute atomic E-state index is 0.0654. The number of carboxylic acid groups (broad SMARTS) is 1. The molecule has 1 rings (SSSR count). The van der Waals surface area contributed by atoms with Crippen molar-refractivity contribution in [2.24, 2.45) is 11.8 Å². The third-order valence-electron chi connectivity index (χ3n) is 4.01. The molecule has 6 heteroatoms. The van der Waals surface area contributed by atoms with Crippen LogP contribution in [0.15, 0.2) is 0 Å². The maximum atomic E-state index is 12.2. The van der Waals surface area contributed by atoms with Crippen LogP contribution in [0.4, 0.5) is 4.79 Å². The van der Waals surface area contributed by atoms with E-state index >= 15 is 0 Å². The number of carbonyl (C=O) groups excluding carboxylic acids is 1. The van der Waals surface area contributed by atoms with E-state index in [4.69, 9.17) is 5.11 Å². The van der Waals surface area contributed by atoms with Gasteiger partial charge in [0.1, 0.15) is 0 Å². The first-order valence-electron chi connectivity index (χ1n) is 7.11. The third kappa shape index (κ3) is 4.67. The normalized spacial score (nSPS) is 29.6. The van der Waals surface area contributed by atoms with Gasteiger partial charge in [0.15, 0.2) is 0 Å². The van der Waals surface area contributed by atoms with E-state index in [0.29, 0.717) is 18.4 Å². The smallest absolute Gasteiger partial charge is 0.317 e. The van der Waals surface area contributed by atoms with Crippen molar-refractivity contribution in [3.05, 3.63) is 0 Å². The molecule has 20 heavy (non-hydrogen) atoms. The molecule has 1 aliphatic rings. The SMILES string of the molecule is CC1CC(C)C(C)N(C(=O)NCC(C)(O)CC(=O)O)C1. The predicted molar refractivity (Wildman–Crippen MR) is 75.4 cm³/mol. The molecule has 3 N–H and O–H groups in total. The number of hydrogen-bond acceptors (Lipinski definition) is 3. The predicted octanol–water partition coefficient (Wildman–Crippen LogP) is 1.29. The van der Waals surface area contributed by atoms with E-state index < -0.39 is 18.0 Å². The Labute approximate surface area is 120 Å². The molecule has 6 nitrogen and oxygen atoms in total. The maximum absolute atomic E-state index is 12.2. The van der Waals surface area contributed by atoms with E-state index in [-0.39, 0.29) is 18.6 Å². The standard InChI is InChI=1S/C14H26N2O4/c1-9-5-10(2)11(3)16(7-9)13(19)15-8-14(4,20)6-12(17)18/h9-11,20H,5-8H2,1-4H3,(H,15,19)(H,17,18). The molecule has 0 spiro atoms. The summed E-state index contributed by atoms with van der Waals surface area (Å²) in [5.41, 5.74) is -1.43. The van der Waals surface area contributed by atoms with Crippen molar-refractivity contribution in [3.63, 3.8) is 0 Å². The number of urea groups is 1. The van der Waals surface area contributed by atoms with Gasteiger partial charge < -0.3 is 20.4 Å². The molecule has 4 atom stereocenters. The molecule has 4 unspecified atom stereocenters. The van der Waals surface area contributed by atoms with Crippen LogP contribution in [0.25, 0.3) is 0 Å². The Hall–Kier alpha value is -1.30. The summed E-state index contributed by atoms with van der Waals surface area (Å²) >= 11 is 0. The van der Waals surface area contributed by atoms with Crippen LogP contribution in [0.2, 0.25) is 0 Å². The fraction of sp³-hybridized carbons (Fsp3) is 0.857. The van der Waals surface area contributed by atoms with Gasteiger partial charge in [-0.3, -0.25) is 4.79 Å². The Morgan fingerprint density at radius 1 is 1.35 bits per heavy atom. The molecular weight excluding hydrogens is 260 g/mol. The number of piperidine rings is 1. The number of likely N-dealkylation sites (tertiary alicyclic amines) is 1. The van der Waals surface area contributed by atoms with Crippen molar-refractivity contribution in [3.8, 4) is 0 Å². The molecule has 1 aliphatic heterocycles. The Kier molecular flexibility index (Phi) is 5.39. The number of nitrogens with one attached hydrogen (secondary N) is 1. The van der Waals surface area contributed by atoms with E-state index in [9.17, 15) is 14.7 Å². The molecule has 0 saturated carbocycles. The summed E-state index contributed by atoms with van der Waals surface area (Å²) in [6.07, 6.45) is 0.706. The van der Waals surface area contributed by atoms with E-state index in [2.05, 4.69) is 19.2 Å². The largest absolute Gasteiger partial charge is 0.481 e. The van der Waals surface area contributed by atoms with Crippen LogP contribution in [0, 0.1) is 11.8 Å². The van der Waals surface area contributed by atoms with Crippen molar-refractivity contribution >= 4 is 12.0 Å². The van der Waals surface area contributed by atoms with Gasteiger partial charge in [-0.2, -0.15) is 0 Å². The van der Waals surface area contributed by atoms with Crippen molar-refractivity contribution in [2.75, 3.05) is 13.1 Å². The van der Waals surface area contributed by atoms with Gasteiger partial charge in [-0.05, 0) is 32.1 Å². The second-order valence-corrected chi connectivity index (χ2v) is 6.44. The Morgan fingerprint density at radius 3 is 2.50 bits per heavy atom. The van der Waals surface area contributed by atoms with Crippen molar-refractivity contribution in [1.82, 2.24) is 10.2 Å². The lowest BCUT2D eigenvalue weighted by Crippen LogP contribution is -2.54. The first kappa shape index (κ1) is 16.8. The molecule has 0 radical (unpaired) electrons. The fourth-order valence-corrected chi connectivity index (χ4v) is 2.74. The van der Waals surface area contributed by atoms with Gasteiger partial charge in [-0.1, -0.05) is 13.8 Å². The molecule has 116 valence electrons. The molecule has 1 heterocycles. The van der Waals surface area contributed by atoms with Crippen LogP contribution in [-0.4, -0.2) is 51.8 Å². The summed E-state index contributed by atoms with van der Waals surface area (Å²) < 4.78 is 0. The Balaban J connectivity index is 2.55. The van der Waals surface area contributed by atoms with Crippen LogP contribution in [0.1, 0.15) is 40.5 Å². The molecule has 1 saturated heterocycles. The monoisotopic (exact) mass is 286 g/mol. The summed E-state index contributed by atoms with van der Waals surface area (Å²) in [5, 5.41) is 21.2. The second-order valence-electron chi connectivity index (χ2n) is 6.44. The maximum Gasteiger partial charge on any atom is 0.317 e. The zero-order valence-electron chi connectivity index (χ0n) is 12.7. The average molecular weight is 286 g/mol. The Morgan fingerprint density at radius 2 is 1.95 bits per heavy atom. The summed E-state index contributed by atoms with van der Waals surface area (Å²) in [7, 11) is 0. The molecular formula is C14H26N2O4. The zero-order chi connectivity index (χ0) is 15.5. The highest BCUT2D eigenvalue weighted by molar-refractivity contribution is 5.75. The quantitative estimate of drug-likeness (QED) is 0.726. The molecule has 0 aromatic carbocycles. The van der Waals surface area contributed by atoms with E-state index in [1.807, 2.05) is 6.92 Å². The summed E-state index contributed by atoms with van der Waals surface area (Å²) in [5.74, 6) is -0.201. The van der Waals surface area contributed by atoms with Gasteiger partial charge in [0.05, 0.1) is 12.0 Å². The zero-order valence-corrected chi connectivity index (χ0v) is 12.7. The number of carboxylic acids is 1. The molecule has 0 aromatic rings. The molecule has 2 amide bonds. The van der Waals surface area contributed by atoms with Crippen molar-refractivity contribution in [2.45, 2.75) is 52.2 Å². The van der Waals surface area contributed by atoms with Gasteiger partial charge in [-0.15, -0.1) is 0 Å². The van der Waals surface area contributed by atoms with Gasteiger partial charge in [0.25, 0.3) is 0 Å².